The molecule has 1 aromatic heterocycles. The maximum Gasteiger partial charge on any atom is 0.260 e. The van der Waals surface area contributed by atoms with E-state index in [0.29, 0.717) is 12.3 Å². The summed E-state index contributed by atoms with van der Waals surface area (Å²) in [5.41, 5.74) is 6.27. The fourth-order valence-corrected chi connectivity index (χ4v) is 2.00. The molecule has 2 rings (SSSR count). The third-order valence-electron chi connectivity index (χ3n) is 3.08. The van der Waals surface area contributed by atoms with Crippen LogP contribution in [0.3, 0.4) is 0 Å². The van der Waals surface area contributed by atoms with Crippen LogP contribution in [0.1, 0.15) is 25.0 Å². The minimum Gasteiger partial charge on any atom is -0.482 e. The standard InChI is InChI=1S/C13H19N3O2/c14-8-11-4-5-12(9-15-11)18-10-13(17)16-6-2-1-3-7-16/h4-5,9H,1-3,6-8,10,14H2. The summed E-state index contributed by atoms with van der Waals surface area (Å²) in [4.78, 5) is 17.8. The van der Waals surface area contributed by atoms with Gasteiger partial charge < -0.3 is 15.4 Å². The lowest BCUT2D eigenvalue weighted by molar-refractivity contribution is -0.134. The van der Waals surface area contributed by atoms with Crippen molar-refractivity contribution in [3.8, 4) is 5.75 Å². The van der Waals surface area contributed by atoms with Crippen LogP contribution < -0.4 is 10.5 Å². The molecular formula is C13H19N3O2. The molecule has 2 N–H and O–H groups in total. The summed E-state index contributed by atoms with van der Waals surface area (Å²) in [5.74, 6) is 0.662. The Bertz CT molecular complexity index is 386. The maximum absolute atomic E-state index is 11.9. The predicted octanol–water partition coefficient (Wildman–Crippen LogP) is 0.932. The van der Waals surface area contributed by atoms with Gasteiger partial charge in [-0.1, -0.05) is 0 Å². The van der Waals surface area contributed by atoms with Crippen molar-refractivity contribution < 1.29 is 9.53 Å². The predicted molar refractivity (Wildman–Crippen MR) is 68.1 cm³/mol. The smallest absolute Gasteiger partial charge is 0.260 e. The Morgan fingerprint density at radius 1 is 1.33 bits per heavy atom. The minimum absolute atomic E-state index is 0.0533. The highest BCUT2D eigenvalue weighted by atomic mass is 16.5. The van der Waals surface area contributed by atoms with E-state index in [1.165, 1.54) is 6.42 Å². The molecule has 0 saturated carbocycles. The van der Waals surface area contributed by atoms with Gasteiger partial charge in [-0.05, 0) is 31.4 Å². The van der Waals surface area contributed by atoms with E-state index in [4.69, 9.17) is 10.5 Å². The van der Waals surface area contributed by atoms with Crippen LogP contribution >= 0.6 is 0 Å². The van der Waals surface area contributed by atoms with Gasteiger partial charge in [0.1, 0.15) is 5.75 Å². The van der Waals surface area contributed by atoms with Gasteiger partial charge in [-0.2, -0.15) is 0 Å². The molecular weight excluding hydrogens is 230 g/mol. The lowest BCUT2D eigenvalue weighted by atomic mass is 10.1. The van der Waals surface area contributed by atoms with E-state index in [-0.39, 0.29) is 12.5 Å². The lowest BCUT2D eigenvalue weighted by Gasteiger charge is -2.26. The maximum atomic E-state index is 11.9. The number of amides is 1. The Morgan fingerprint density at radius 2 is 2.11 bits per heavy atom. The summed E-state index contributed by atoms with van der Waals surface area (Å²) in [6.07, 6.45) is 5.01. The van der Waals surface area contributed by atoms with Crippen LogP contribution in [0.25, 0.3) is 0 Å². The van der Waals surface area contributed by atoms with Crippen LogP contribution in [-0.2, 0) is 11.3 Å². The summed E-state index contributed by atoms with van der Waals surface area (Å²) in [5, 5.41) is 0. The summed E-state index contributed by atoms with van der Waals surface area (Å²) in [7, 11) is 0. The molecule has 1 aliphatic rings. The summed E-state index contributed by atoms with van der Waals surface area (Å²) in [6, 6.07) is 3.60. The average Bonchev–Trinajstić information content (AvgIpc) is 2.46. The SMILES string of the molecule is NCc1ccc(OCC(=O)N2CCCCC2)cn1. The number of nitrogens with zero attached hydrogens (tertiary/aromatic N) is 2. The molecule has 1 aliphatic heterocycles. The molecule has 2 heterocycles. The third-order valence-corrected chi connectivity index (χ3v) is 3.08. The largest absolute Gasteiger partial charge is 0.482 e. The summed E-state index contributed by atoms with van der Waals surface area (Å²) < 4.78 is 5.43. The Morgan fingerprint density at radius 3 is 2.72 bits per heavy atom. The zero-order valence-corrected chi connectivity index (χ0v) is 10.5. The van der Waals surface area contributed by atoms with Crippen LogP contribution in [0.2, 0.25) is 0 Å². The quantitative estimate of drug-likeness (QED) is 0.862. The van der Waals surface area contributed by atoms with Crippen molar-refractivity contribution in [3.05, 3.63) is 24.0 Å². The Hall–Kier alpha value is -1.62. The first-order chi connectivity index (χ1) is 8.79. The van der Waals surface area contributed by atoms with Gasteiger partial charge in [0.05, 0.1) is 11.9 Å². The van der Waals surface area contributed by atoms with Crippen molar-refractivity contribution in [2.24, 2.45) is 5.73 Å². The molecule has 0 radical (unpaired) electrons. The number of carbonyl (C=O) groups excluding carboxylic acids is 1. The van der Waals surface area contributed by atoms with E-state index in [1.54, 1.807) is 18.3 Å². The molecule has 0 bridgehead atoms. The Kier molecular flexibility index (Phi) is 4.52. The fourth-order valence-electron chi connectivity index (χ4n) is 2.00. The monoisotopic (exact) mass is 249 g/mol. The van der Waals surface area contributed by atoms with Gasteiger partial charge in [0.2, 0.25) is 0 Å². The molecule has 5 heteroatoms. The molecule has 1 aromatic rings. The number of pyridine rings is 1. The van der Waals surface area contributed by atoms with Gasteiger partial charge in [-0.15, -0.1) is 0 Å². The van der Waals surface area contributed by atoms with Gasteiger partial charge >= 0.3 is 0 Å². The van der Waals surface area contributed by atoms with Crippen molar-refractivity contribution in [3.63, 3.8) is 0 Å². The van der Waals surface area contributed by atoms with Crippen molar-refractivity contribution in [1.29, 1.82) is 0 Å². The highest BCUT2D eigenvalue weighted by Crippen LogP contribution is 2.11. The number of carbonyl (C=O) groups is 1. The summed E-state index contributed by atoms with van der Waals surface area (Å²) in [6.45, 7) is 2.20. The second-order valence-electron chi connectivity index (χ2n) is 4.42. The van der Waals surface area contributed by atoms with Crippen molar-refractivity contribution in [2.45, 2.75) is 25.8 Å². The van der Waals surface area contributed by atoms with Gasteiger partial charge in [0.25, 0.3) is 5.91 Å². The van der Waals surface area contributed by atoms with E-state index in [9.17, 15) is 4.79 Å². The lowest BCUT2D eigenvalue weighted by Crippen LogP contribution is -2.38. The van der Waals surface area contributed by atoms with Crippen LogP contribution in [0.4, 0.5) is 0 Å². The van der Waals surface area contributed by atoms with Crippen LogP contribution in [0.15, 0.2) is 18.3 Å². The van der Waals surface area contributed by atoms with Crippen molar-refractivity contribution in [1.82, 2.24) is 9.88 Å². The van der Waals surface area contributed by atoms with Gasteiger partial charge in [0.15, 0.2) is 6.61 Å². The number of ether oxygens (including phenoxy) is 1. The minimum atomic E-state index is 0.0533. The molecule has 5 nitrogen and oxygen atoms in total. The van der Waals surface area contributed by atoms with E-state index >= 15 is 0 Å². The molecule has 0 aromatic carbocycles. The normalized spacial score (nSPS) is 15.5. The van der Waals surface area contributed by atoms with E-state index in [0.717, 1.165) is 31.6 Å². The Labute approximate surface area is 107 Å². The van der Waals surface area contributed by atoms with Crippen LogP contribution in [0.5, 0.6) is 5.75 Å². The van der Waals surface area contributed by atoms with E-state index in [1.807, 2.05) is 4.90 Å². The number of hydrogen-bond donors (Lipinski definition) is 1. The Balaban J connectivity index is 1.80. The first kappa shape index (κ1) is 12.8. The first-order valence-corrected chi connectivity index (χ1v) is 6.35. The highest BCUT2D eigenvalue weighted by molar-refractivity contribution is 5.77. The number of piperidine rings is 1. The molecule has 1 fully saturated rings. The molecule has 1 saturated heterocycles. The van der Waals surface area contributed by atoms with E-state index in [2.05, 4.69) is 4.98 Å². The topological polar surface area (TPSA) is 68.5 Å². The van der Waals surface area contributed by atoms with Gasteiger partial charge in [-0.3, -0.25) is 9.78 Å². The molecule has 1 amide bonds. The molecule has 0 unspecified atom stereocenters. The zero-order valence-electron chi connectivity index (χ0n) is 10.5. The van der Waals surface area contributed by atoms with Crippen LogP contribution in [0, 0.1) is 0 Å². The highest BCUT2D eigenvalue weighted by Gasteiger charge is 2.16. The summed E-state index contributed by atoms with van der Waals surface area (Å²) >= 11 is 0. The molecule has 0 aliphatic carbocycles. The molecule has 98 valence electrons. The number of hydrogen-bond acceptors (Lipinski definition) is 4. The van der Waals surface area contributed by atoms with Crippen molar-refractivity contribution in [2.75, 3.05) is 19.7 Å². The second kappa shape index (κ2) is 6.35. The number of nitrogens with two attached hydrogens (primary N) is 1. The van der Waals surface area contributed by atoms with E-state index < -0.39 is 0 Å². The third kappa shape index (κ3) is 3.43. The fraction of sp³-hybridized carbons (Fsp3) is 0.538. The molecule has 0 atom stereocenters. The van der Waals surface area contributed by atoms with Crippen LogP contribution in [-0.4, -0.2) is 35.5 Å². The van der Waals surface area contributed by atoms with Crippen molar-refractivity contribution >= 4 is 5.91 Å². The average molecular weight is 249 g/mol. The first-order valence-electron chi connectivity index (χ1n) is 6.35. The number of rotatable bonds is 4. The molecule has 18 heavy (non-hydrogen) atoms. The number of likely N-dealkylation sites (tertiary alicyclic amines) is 1. The number of aromatic nitrogens is 1. The zero-order chi connectivity index (χ0) is 12.8. The molecule has 0 spiro atoms. The van der Waals surface area contributed by atoms with Gasteiger partial charge in [-0.25, -0.2) is 0 Å². The second-order valence-corrected chi connectivity index (χ2v) is 4.42. The van der Waals surface area contributed by atoms with Gasteiger partial charge in [0, 0.05) is 19.6 Å².